The van der Waals surface area contributed by atoms with Crippen molar-refractivity contribution in [1.29, 1.82) is 5.41 Å². The topological polar surface area (TPSA) is 92.5 Å². The van der Waals surface area contributed by atoms with Gasteiger partial charge in [-0.15, -0.1) is 0 Å². The quantitative estimate of drug-likeness (QED) is 0.362. The molecule has 36 heavy (non-hydrogen) atoms. The lowest BCUT2D eigenvalue weighted by Gasteiger charge is -2.28. The van der Waals surface area contributed by atoms with Crippen molar-refractivity contribution >= 4 is 28.4 Å². The summed E-state index contributed by atoms with van der Waals surface area (Å²) in [4.78, 5) is 40.6. The van der Waals surface area contributed by atoms with E-state index in [1.807, 2.05) is 26.0 Å². The van der Waals surface area contributed by atoms with Crippen LogP contribution in [0, 0.1) is 18.3 Å². The second kappa shape index (κ2) is 9.72. The number of hydrogen-bond donors (Lipinski definition) is 1. The third kappa shape index (κ3) is 4.23. The lowest BCUT2D eigenvalue weighted by molar-refractivity contribution is 0.0507. The molecule has 2 aromatic carbocycles. The van der Waals surface area contributed by atoms with E-state index in [2.05, 4.69) is 13.8 Å². The summed E-state index contributed by atoms with van der Waals surface area (Å²) in [5.74, 6) is 0.273. The summed E-state index contributed by atoms with van der Waals surface area (Å²) in [5.41, 5.74) is 3.83. The van der Waals surface area contributed by atoms with Crippen LogP contribution in [0.3, 0.4) is 0 Å². The number of nitrogens with zero attached hydrogens (tertiary/aromatic N) is 2. The Hall–Kier alpha value is -3.74. The monoisotopic (exact) mass is 487 g/mol. The van der Waals surface area contributed by atoms with Crippen LogP contribution >= 0.6 is 0 Å². The first-order valence-electron chi connectivity index (χ1n) is 12.4. The van der Waals surface area contributed by atoms with E-state index >= 15 is 0 Å². The number of amides is 2. The SMILES string of the molecule is CCc1c(C(C)=N)c(=O)n(C)c2cc(OCC(CC(C)C)N3C(=O)c4ccccc4C3=O)c(C)cc12. The lowest BCUT2D eigenvalue weighted by Crippen LogP contribution is -2.44. The summed E-state index contributed by atoms with van der Waals surface area (Å²) in [6, 6.07) is 10.3. The van der Waals surface area contributed by atoms with Crippen LogP contribution in [0.5, 0.6) is 5.75 Å². The lowest BCUT2D eigenvalue weighted by atomic mass is 9.96. The number of carbonyl (C=O) groups excluding carboxylic acids is 2. The smallest absolute Gasteiger partial charge is 0.261 e. The van der Waals surface area contributed by atoms with Gasteiger partial charge in [0.1, 0.15) is 12.4 Å². The molecule has 1 unspecified atom stereocenters. The number of ether oxygens (including phenoxy) is 1. The summed E-state index contributed by atoms with van der Waals surface area (Å²) in [5, 5.41) is 9.04. The van der Waals surface area contributed by atoms with Crippen molar-refractivity contribution in [2.24, 2.45) is 13.0 Å². The first-order chi connectivity index (χ1) is 17.1. The molecule has 1 aliphatic heterocycles. The largest absolute Gasteiger partial charge is 0.491 e. The zero-order valence-electron chi connectivity index (χ0n) is 21.8. The highest BCUT2D eigenvalue weighted by atomic mass is 16.5. The first kappa shape index (κ1) is 25.4. The van der Waals surface area contributed by atoms with Gasteiger partial charge in [0.05, 0.1) is 28.2 Å². The molecule has 1 aliphatic rings. The van der Waals surface area contributed by atoms with E-state index in [-0.39, 0.29) is 35.6 Å². The van der Waals surface area contributed by atoms with Crippen LogP contribution in [0.2, 0.25) is 0 Å². The minimum absolute atomic E-state index is 0.155. The van der Waals surface area contributed by atoms with Crippen LogP contribution in [-0.2, 0) is 13.5 Å². The Bertz CT molecular complexity index is 1420. The predicted octanol–water partition coefficient (Wildman–Crippen LogP) is 4.89. The average molecular weight is 488 g/mol. The number of hydrogen-bond acceptors (Lipinski definition) is 5. The number of nitrogens with one attached hydrogen (secondary N) is 1. The van der Waals surface area contributed by atoms with Gasteiger partial charge in [0.25, 0.3) is 17.4 Å². The van der Waals surface area contributed by atoms with Crippen molar-refractivity contribution in [3.05, 3.63) is 74.6 Å². The van der Waals surface area contributed by atoms with E-state index in [0.29, 0.717) is 35.3 Å². The molecule has 0 bridgehead atoms. The Morgan fingerprint density at radius 1 is 1.06 bits per heavy atom. The van der Waals surface area contributed by atoms with Crippen molar-refractivity contribution in [2.75, 3.05) is 6.61 Å². The molecular weight excluding hydrogens is 454 g/mol. The summed E-state index contributed by atoms with van der Waals surface area (Å²) < 4.78 is 7.82. The summed E-state index contributed by atoms with van der Waals surface area (Å²) in [7, 11) is 1.70. The molecule has 0 aliphatic carbocycles. The maximum atomic E-state index is 13.1. The number of benzene rings is 2. The minimum atomic E-state index is -0.426. The van der Waals surface area contributed by atoms with Gasteiger partial charge in [-0.2, -0.15) is 0 Å². The van der Waals surface area contributed by atoms with Gasteiger partial charge >= 0.3 is 0 Å². The molecule has 1 N–H and O–H groups in total. The number of carbonyl (C=O) groups is 2. The summed E-state index contributed by atoms with van der Waals surface area (Å²) in [6.45, 7) is 9.83. The van der Waals surface area contributed by atoms with Gasteiger partial charge in [0, 0.05) is 24.2 Å². The number of rotatable bonds is 8. The Balaban J connectivity index is 1.71. The maximum Gasteiger partial charge on any atom is 0.261 e. The van der Waals surface area contributed by atoms with E-state index in [4.69, 9.17) is 10.1 Å². The van der Waals surface area contributed by atoms with Crippen LogP contribution in [0.4, 0.5) is 0 Å². The molecule has 1 atom stereocenters. The fourth-order valence-corrected chi connectivity index (χ4v) is 5.16. The molecule has 0 spiro atoms. The first-order valence-corrected chi connectivity index (χ1v) is 12.4. The highest BCUT2D eigenvalue weighted by molar-refractivity contribution is 6.21. The van der Waals surface area contributed by atoms with Crippen LogP contribution in [0.1, 0.15) is 71.5 Å². The van der Waals surface area contributed by atoms with Crippen LogP contribution in [0.15, 0.2) is 41.2 Å². The fourth-order valence-electron chi connectivity index (χ4n) is 5.16. The van der Waals surface area contributed by atoms with Crippen molar-refractivity contribution in [3.63, 3.8) is 0 Å². The Morgan fingerprint density at radius 3 is 2.19 bits per heavy atom. The minimum Gasteiger partial charge on any atom is -0.491 e. The third-order valence-electron chi connectivity index (χ3n) is 6.89. The average Bonchev–Trinajstić information content (AvgIpc) is 3.08. The zero-order chi connectivity index (χ0) is 26.3. The normalized spacial score (nSPS) is 14.0. The zero-order valence-corrected chi connectivity index (χ0v) is 21.8. The Morgan fingerprint density at radius 2 is 1.67 bits per heavy atom. The third-order valence-corrected chi connectivity index (χ3v) is 6.89. The molecular formula is C29H33N3O4. The molecule has 4 rings (SSSR count). The van der Waals surface area contributed by atoms with Crippen LogP contribution in [-0.4, -0.2) is 39.6 Å². The van der Waals surface area contributed by atoms with Gasteiger partial charge in [0.15, 0.2) is 0 Å². The van der Waals surface area contributed by atoms with Gasteiger partial charge in [-0.1, -0.05) is 32.9 Å². The molecule has 1 aromatic heterocycles. The van der Waals surface area contributed by atoms with Gasteiger partial charge in [-0.25, -0.2) is 0 Å². The number of fused-ring (bicyclic) bond motifs is 2. The summed E-state index contributed by atoms with van der Waals surface area (Å²) >= 11 is 0. The highest BCUT2D eigenvalue weighted by Crippen LogP contribution is 2.31. The number of pyridine rings is 1. The van der Waals surface area contributed by atoms with E-state index in [1.54, 1.807) is 42.8 Å². The molecule has 188 valence electrons. The molecule has 2 amide bonds. The van der Waals surface area contributed by atoms with Gasteiger partial charge in [-0.05, 0) is 61.9 Å². The molecule has 7 heteroatoms. The highest BCUT2D eigenvalue weighted by Gasteiger charge is 2.40. The molecule has 0 radical (unpaired) electrons. The summed E-state index contributed by atoms with van der Waals surface area (Å²) in [6.07, 6.45) is 1.24. The molecule has 0 fully saturated rings. The fraction of sp³-hybridized carbons (Fsp3) is 0.379. The predicted molar refractivity (Wildman–Crippen MR) is 141 cm³/mol. The molecule has 0 saturated carbocycles. The van der Waals surface area contributed by atoms with Crippen molar-refractivity contribution < 1.29 is 14.3 Å². The Labute approximate surface area is 211 Å². The van der Waals surface area contributed by atoms with Crippen molar-refractivity contribution in [3.8, 4) is 5.75 Å². The van der Waals surface area contributed by atoms with Crippen LogP contribution < -0.4 is 10.3 Å². The van der Waals surface area contributed by atoms with E-state index in [0.717, 1.165) is 22.0 Å². The van der Waals surface area contributed by atoms with Gasteiger partial charge in [0.2, 0.25) is 0 Å². The number of imide groups is 1. The second-order valence-corrected chi connectivity index (χ2v) is 9.95. The van der Waals surface area contributed by atoms with Crippen molar-refractivity contribution in [2.45, 2.75) is 53.5 Å². The maximum absolute atomic E-state index is 13.1. The number of aromatic nitrogens is 1. The molecule has 3 aromatic rings. The molecule has 2 heterocycles. The van der Waals surface area contributed by atoms with E-state index < -0.39 is 6.04 Å². The molecule has 0 saturated heterocycles. The van der Waals surface area contributed by atoms with Crippen LogP contribution in [0.25, 0.3) is 10.9 Å². The number of aryl methyl sites for hydroxylation is 3. The van der Waals surface area contributed by atoms with E-state index in [1.165, 1.54) is 4.90 Å². The van der Waals surface area contributed by atoms with Gasteiger partial charge < -0.3 is 14.7 Å². The Kier molecular flexibility index (Phi) is 6.85. The molecule has 7 nitrogen and oxygen atoms in total. The van der Waals surface area contributed by atoms with Crippen molar-refractivity contribution in [1.82, 2.24) is 9.47 Å². The van der Waals surface area contributed by atoms with E-state index in [9.17, 15) is 14.4 Å². The second-order valence-electron chi connectivity index (χ2n) is 9.95. The van der Waals surface area contributed by atoms with Gasteiger partial charge in [-0.3, -0.25) is 19.3 Å². The standard InChI is InChI=1S/C29H33N3O4/c1-7-20-23-13-17(4)25(14-24(23)31(6)29(35)26(20)18(5)30)36-15-19(12-16(2)3)32-27(33)21-10-8-9-11-22(21)28(32)34/h8-11,13-14,16,19,30H,7,12,15H2,1-6H3.